The minimum absolute atomic E-state index is 0.0674. The minimum atomic E-state index is -0.801. The van der Waals surface area contributed by atoms with Crippen LogP contribution < -0.4 is 0 Å². The Kier molecular flexibility index (Phi) is 4.76. The van der Waals surface area contributed by atoms with E-state index in [2.05, 4.69) is 50.2 Å². The van der Waals surface area contributed by atoms with Crippen LogP contribution in [0.5, 0.6) is 0 Å². The predicted molar refractivity (Wildman–Crippen MR) is 85.3 cm³/mol. The molecule has 1 N–H and O–H groups in total. The van der Waals surface area contributed by atoms with Gasteiger partial charge in [0.05, 0.1) is 6.42 Å². The molecule has 0 fully saturated rings. The standard InChI is InChI=1S/C18H21NO2/c1-13(19(2)3)16-5-4-6-17(12-16)15-9-7-14(8-10-15)11-18(20)21/h4-10,12-13H,11H2,1-3H3,(H,20,21). The lowest BCUT2D eigenvalue weighted by atomic mass is 9.98. The predicted octanol–water partition coefficient (Wildman–Crippen LogP) is 3.60. The molecule has 0 amide bonds. The Morgan fingerprint density at radius 2 is 1.76 bits per heavy atom. The van der Waals surface area contributed by atoms with Crippen LogP contribution in [0.15, 0.2) is 48.5 Å². The first-order valence-corrected chi connectivity index (χ1v) is 7.05. The molecule has 1 atom stereocenters. The van der Waals surface area contributed by atoms with Crippen molar-refractivity contribution in [3.8, 4) is 11.1 Å². The van der Waals surface area contributed by atoms with Crippen molar-refractivity contribution in [2.24, 2.45) is 0 Å². The average Bonchev–Trinajstić information content (AvgIpc) is 2.46. The second-order valence-electron chi connectivity index (χ2n) is 5.53. The van der Waals surface area contributed by atoms with Crippen LogP contribution in [0, 0.1) is 0 Å². The second-order valence-corrected chi connectivity index (χ2v) is 5.53. The Morgan fingerprint density at radius 1 is 1.10 bits per heavy atom. The molecule has 110 valence electrons. The number of nitrogens with zero attached hydrogens (tertiary/aromatic N) is 1. The first kappa shape index (κ1) is 15.3. The molecule has 1 unspecified atom stereocenters. The molecule has 2 rings (SSSR count). The summed E-state index contributed by atoms with van der Waals surface area (Å²) in [4.78, 5) is 12.9. The number of aliphatic carboxylic acids is 1. The number of rotatable bonds is 5. The Hall–Kier alpha value is -2.13. The zero-order valence-corrected chi connectivity index (χ0v) is 12.7. The van der Waals surface area contributed by atoms with E-state index < -0.39 is 5.97 Å². The fraction of sp³-hybridized carbons (Fsp3) is 0.278. The minimum Gasteiger partial charge on any atom is -0.481 e. The van der Waals surface area contributed by atoms with E-state index in [1.165, 1.54) is 5.56 Å². The van der Waals surface area contributed by atoms with E-state index in [0.29, 0.717) is 6.04 Å². The summed E-state index contributed by atoms with van der Waals surface area (Å²) >= 11 is 0. The number of hydrogen-bond acceptors (Lipinski definition) is 2. The molecule has 0 heterocycles. The van der Waals surface area contributed by atoms with E-state index in [9.17, 15) is 4.79 Å². The van der Waals surface area contributed by atoms with Crippen molar-refractivity contribution >= 4 is 5.97 Å². The summed E-state index contributed by atoms with van der Waals surface area (Å²) in [6.07, 6.45) is 0.0674. The van der Waals surface area contributed by atoms with Gasteiger partial charge in [0, 0.05) is 6.04 Å². The largest absolute Gasteiger partial charge is 0.481 e. The number of hydrogen-bond donors (Lipinski definition) is 1. The molecule has 0 aliphatic heterocycles. The Labute approximate surface area is 125 Å². The van der Waals surface area contributed by atoms with Crippen molar-refractivity contribution < 1.29 is 9.90 Å². The monoisotopic (exact) mass is 283 g/mol. The Bertz CT molecular complexity index is 617. The highest BCUT2D eigenvalue weighted by Gasteiger charge is 2.09. The third kappa shape index (κ3) is 3.92. The molecule has 3 nitrogen and oxygen atoms in total. The van der Waals surface area contributed by atoms with Gasteiger partial charge in [-0.25, -0.2) is 0 Å². The summed E-state index contributed by atoms with van der Waals surface area (Å²) in [5, 5.41) is 8.80. The zero-order valence-electron chi connectivity index (χ0n) is 12.7. The SMILES string of the molecule is CC(c1cccc(-c2ccc(CC(=O)O)cc2)c1)N(C)C. The maximum absolute atomic E-state index is 10.7. The molecule has 0 saturated heterocycles. The first-order chi connectivity index (χ1) is 9.97. The highest BCUT2D eigenvalue weighted by atomic mass is 16.4. The molecule has 0 aromatic heterocycles. The molecule has 0 aliphatic carbocycles. The summed E-state index contributed by atoms with van der Waals surface area (Å²) < 4.78 is 0. The van der Waals surface area contributed by atoms with Crippen LogP contribution in [0.1, 0.15) is 24.1 Å². The maximum Gasteiger partial charge on any atom is 0.307 e. The summed E-state index contributed by atoms with van der Waals surface area (Å²) in [6, 6.07) is 16.6. The van der Waals surface area contributed by atoms with Crippen LogP contribution in [-0.2, 0) is 11.2 Å². The lowest BCUT2D eigenvalue weighted by Gasteiger charge is -2.20. The molecule has 0 radical (unpaired) electrons. The fourth-order valence-corrected chi connectivity index (χ4v) is 2.27. The lowest BCUT2D eigenvalue weighted by molar-refractivity contribution is -0.136. The van der Waals surface area contributed by atoms with Crippen LogP contribution >= 0.6 is 0 Å². The van der Waals surface area contributed by atoms with Crippen molar-refractivity contribution in [3.05, 3.63) is 59.7 Å². The summed E-state index contributed by atoms with van der Waals surface area (Å²) in [7, 11) is 4.13. The first-order valence-electron chi connectivity index (χ1n) is 7.05. The van der Waals surface area contributed by atoms with Gasteiger partial charge < -0.3 is 10.0 Å². The molecule has 2 aromatic carbocycles. The quantitative estimate of drug-likeness (QED) is 0.911. The van der Waals surface area contributed by atoms with Crippen LogP contribution in [0.4, 0.5) is 0 Å². The van der Waals surface area contributed by atoms with E-state index >= 15 is 0 Å². The molecular formula is C18H21NO2. The molecule has 0 spiro atoms. The zero-order chi connectivity index (χ0) is 15.4. The lowest BCUT2D eigenvalue weighted by Crippen LogP contribution is -2.16. The van der Waals surface area contributed by atoms with Gasteiger partial charge in [0.15, 0.2) is 0 Å². The molecule has 0 aliphatic rings. The third-order valence-electron chi connectivity index (χ3n) is 3.79. The van der Waals surface area contributed by atoms with Gasteiger partial charge in [-0.3, -0.25) is 4.79 Å². The van der Waals surface area contributed by atoms with E-state index in [0.717, 1.165) is 16.7 Å². The van der Waals surface area contributed by atoms with E-state index in [-0.39, 0.29) is 6.42 Å². The van der Waals surface area contributed by atoms with Crippen LogP contribution in [0.2, 0.25) is 0 Å². The molecule has 0 saturated carbocycles. The smallest absolute Gasteiger partial charge is 0.307 e. The highest BCUT2D eigenvalue weighted by Crippen LogP contribution is 2.25. The number of carboxylic acids is 1. The topological polar surface area (TPSA) is 40.5 Å². The summed E-state index contributed by atoms with van der Waals surface area (Å²) in [6.45, 7) is 2.18. The highest BCUT2D eigenvalue weighted by molar-refractivity contribution is 5.71. The molecule has 3 heteroatoms. The van der Waals surface area contributed by atoms with Gasteiger partial charge in [0.2, 0.25) is 0 Å². The van der Waals surface area contributed by atoms with E-state index in [4.69, 9.17) is 5.11 Å². The van der Waals surface area contributed by atoms with Crippen molar-refractivity contribution in [3.63, 3.8) is 0 Å². The van der Waals surface area contributed by atoms with Gasteiger partial charge in [-0.15, -0.1) is 0 Å². The number of carboxylic acid groups (broad SMARTS) is 1. The van der Waals surface area contributed by atoms with Gasteiger partial charge in [-0.2, -0.15) is 0 Å². The van der Waals surface area contributed by atoms with Gasteiger partial charge in [0.1, 0.15) is 0 Å². The third-order valence-corrected chi connectivity index (χ3v) is 3.79. The number of carbonyl (C=O) groups is 1. The second kappa shape index (κ2) is 6.55. The van der Waals surface area contributed by atoms with Gasteiger partial charge >= 0.3 is 5.97 Å². The molecular weight excluding hydrogens is 262 g/mol. The van der Waals surface area contributed by atoms with Gasteiger partial charge in [-0.1, -0.05) is 42.5 Å². The van der Waals surface area contributed by atoms with E-state index in [1.54, 1.807) is 0 Å². The van der Waals surface area contributed by atoms with Gasteiger partial charge in [0.25, 0.3) is 0 Å². The van der Waals surface area contributed by atoms with Crippen molar-refractivity contribution in [1.29, 1.82) is 0 Å². The summed E-state index contributed by atoms with van der Waals surface area (Å²) in [5.74, 6) is -0.801. The fourth-order valence-electron chi connectivity index (χ4n) is 2.27. The van der Waals surface area contributed by atoms with Crippen molar-refractivity contribution in [2.75, 3.05) is 14.1 Å². The van der Waals surface area contributed by atoms with Crippen LogP contribution in [-0.4, -0.2) is 30.1 Å². The maximum atomic E-state index is 10.7. The summed E-state index contributed by atoms with van der Waals surface area (Å²) in [5.41, 5.74) is 4.36. The van der Waals surface area contributed by atoms with Crippen LogP contribution in [0.25, 0.3) is 11.1 Å². The van der Waals surface area contributed by atoms with Crippen molar-refractivity contribution in [1.82, 2.24) is 4.90 Å². The van der Waals surface area contributed by atoms with Gasteiger partial charge in [-0.05, 0) is 49.3 Å². The number of benzene rings is 2. The Morgan fingerprint density at radius 3 is 2.33 bits per heavy atom. The average molecular weight is 283 g/mol. The van der Waals surface area contributed by atoms with E-state index in [1.807, 2.05) is 24.3 Å². The van der Waals surface area contributed by atoms with Crippen LogP contribution in [0.3, 0.4) is 0 Å². The normalized spacial score (nSPS) is 12.4. The Balaban J connectivity index is 2.25. The van der Waals surface area contributed by atoms with Crippen molar-refractivity contribution in [2.45, 2.75) is 19.4 Å². The molecule has 2 aromatic rings. The molecule has 21 heavy (non-hydrogen) atoms. The molecule has 0 bridgehead atoms.